The van der Waals surface area contributed by atoms with E-state index < -0.39 is 0 Å². The van der Waals surface area contributed by atoms with Crippen LogP contribution in [0.5, 0.6) is 0 Å². The van der Waals surface area contributed by atoms with Crippen molar-refractivity contribution < 1.29 is 0 Å². The molecule has 2 aromatic rings. The molecule has 1 fully saturated rings. The smallest absolute Gasteiger partial charge is 0.128 e. The van der Waals surface area contributed by atoms with Crippen molar-refractivity contribution in [2.75, 3.05) is 6.54 Å². The molecule has 0 bridgehead atoms. The second kappa shape index (κ2) is 4.33. The SMILES string of the molecule is Cn1ccnc1Cn1cncc1[C@@H]1CCCN1. The summed E-state index contributed by atoms with van der Waals surface area (Å²) in [5, 5.41) is 3.51. The molecule has 3 heterocycles. The van der Waals surface area contributed by atoms with Crippen LogP contribution in [-0.4, -0.2) is 25.6 Å². The van der Waals surface area contributed by atoms with Crippen molar-refractivity contribution in [3.8, 4) is 0 Å². The fourth-order valence-corrected chi connectivity index (χ4v) is 2.39. The molecule has 1 atom stereocenters. The van der Waals surface area contributed by atoms with Crippen molar-refractivity contribution in [2.45, 2.75) is 25.4 Å². The summed E-state index contributed by atoms with van der Waals surface area (Å²) in [4.78, 5) is 8.62. The van der Waals surface area contributed by atoms with E-state index in [0.29, 0.717) is 6.04 Å². The average molecular weight is 231 g/mol. The van der Waals surface area contributed by atoms with Gasteiger partial charge in [-0.05, 0) is 19.4 Å². The Morgan fingerprint density at radius 2 is 2.47 bits per heavy atom. The predicted octanol–water partition coefficient (Wildman–Crippen LogP) is 1.09. The lowest BCUT2D eigenvalue weighted by atomic mass is 10.2. The van der Waals surface area contributed by atoms with Crippen LogP contribution in [-0.2, 0) is 13.6 Å². The Bertz CT molecular complexity index is 492. The Morgan fingerprint density at radius 3 is 3.18 bits per heavy atom. The minimum atomic E-state index is 0.456. The van der Waals surface area contributed by atoms with Gasteiger partial charge < -0.3 is 14.5 Å². The molecular formula is C12H17N5. The minimum absolute atomic E-state index is 0.456. The van der Waals surface area contributed by atoms with Crippen LogP contribution >= 0.6 is 0 Å². The van der Waals surface area contributed by atoms with Gasteiger partial charge in [-0.15, -0.1) is 0 Å². The lowest BCUT2D eigenvalue weighted by Crippen LogP contribution is -2.18. The molecule has 0 aromatic carbocycles. The molecule has 0 amide bonds. The lowest BCUT2D eigenvalue weighted by molar-refractivity contribution is 0.572. The third-order valence-electron chi connectivity index (χ3n) is 3.39. The van der Waals surface area contributed by atoms with E-state index in [4.69, 9.17) is 0 Å². The minimum Gasteiger partial charge on any atom is -0.337 e. The van der Waals surface area contributed by atoms with Gasteiger partial charge in [-0.2, -0.15) is 0 Å². The summed E-state index contributed by atoms with van der Waals surface area (Å²) in [6.07, 6.45) is 10.1. The molecule has 1 aliphatic rings. The second-order valence-electron chi connectivity index (χ2n) is 4.55. The maximum atomic E-state index is 4.35. The van der Waals surface area contributed by atoms with Crippen LogP contribution in [0.1, 0.15) is 30.4 Å². The van der Waals surface area contributed by atoms with Gasteiger partial charge in [0.1, 0.15) is 5.82 Å². The molecule has 0 saturated carbocycles. The van der Waals surface area contributed by atoms with E-state index in [-0.39, 0.29) is 0 Å². The molecule has 2 aromatic heterocycles. The van der Waals surface area contributed by atoms with E-state index in [1.807, 2.05) is 36.5 Å². The number of aromatic nitrogens is 4. The van der Waals surface area contributed by atoms with E-state index in [1.165, 1.54) is 18.5 Å². The summed E-state index contributed by atoms with van der Waals surface area (Å²) in [7, 11) is 2.02. The molecule has 0 unspecified atom stereocenters. The Labute approximate surface area is 100 Å². The van der Waals surface area contributed by atoms with E-state index in [1.54, 1.807) is 0 Å². The van der Waals surface area contributed by atoms with Gasteiger partial charge in [0.05, 0.1) is 18.6 Å². The molecule has 1 saturated heterocycles. The first kappa shape index (κ1) is 10.5. The highest BCUT2D eigenvalue weighted by Gasteiger charge is 2.20. The molecule has 5 nitrogen and oxygen atoms in total. The van der Waals surface area contributed by atoms with Gasteiger partial charge in [-0.1, -0.05) is 0 Å². The van der Waals surface area contributed by atoms with Gasteiger partial charge in [-0.25, -0.2) is 9.97 Å². The highest BCUT2D eigenvalue weighted by atomic mass is 15.1. The largest absolute Gasteiger partial charge is 0.337 e. The van der Waals surface area contributed by atoms with Crippen molar-refractivity contribution in [1.82, 2.24) is 24.4 Å². The normalized spacial score (nSPS) is 19.9. The molecule has 5 heteroatoms. The van der Waals surface area contributed by atoms with Crippen molar-refractivity contribution in [1.29, 1.82) is 0 Å². The molecule has 0 spiro atoms. The number of nitrogens with one attached hydrogen (secondary N) is 1. The van der Waals surface area contributed by atoms with Gasteiger partial charge in [-0.3, -0.25) is 0 Å². The zero-order chi connectivity index (χ0) is 11.7. The zero-order valence-electron chi connectivity index (χ0n) is 10.0. The highest BCUT2D eigenvalue weighted by Crippen LogP contribution is 2.22. The predicted molar refractivity (Wildman–Crippen MR) is 64.5 cm³/mol. The third-order valence-corrected chi connectivity index (χ3v) is 3.39. The Kier molecular flexibility index (Phi) is 2.68. The maximum absolute atomic E-state index is 4.35. The topological polar surface area (TPSA) is 47.7 Å². The molecule has 0 aliphatic carbocycles. The number of hydrogen-bond acceptors (Lipinski definition) is 3. The van der Waals surface area contributed by atoms with Crippen LogP contribution in [0.25, 0.3) is 0 Å². The van der Waals surface area contributed by atoms with E-state index in [0.717, 1.165) is 18.9 Å². The zero-order valence-corrected chi connectivity index (χ0v) is 10.0. The van der Waals surface area contributed by atoms with E-state index >= 15 is 0 Å². The van der Waals surface area contributed by atoms with Crippen molar-refractivity contribution in [2.24, 2.45) is 7.05 Å². The summed E-state index contributed by atoms with van der Waals surface area (Å²) >= 11 is 0. The van der Waals surface area contributed by atoms with Crippen LogP contribution in [0, 0.1) is 0 Å². The van der Waals surface area contributed by atoms with E-state index in [9.17, 15) is 0 Å². The van der Waals surface area contributed by atoms with E-state index in [2.05, 4.69) is 19.9 Å². The van der Waals surface area contributed by atoms with Crippen molar-refractivity contribution in [3.05, 3.63) is 36.4 Å². The van der Waals surface area contributed by atoms with Gasteiger partial charge >= 0.3 is 0 Å². The van der Waals surface area contributed by atoms with Crippen molar-refractivity contribution in [3.63, 3.8) is 0 Å². The van der Waals surface area contributed by atoms with Crippen LogP contribution in [0.3, 0.4) is 0 Å². The van der Waals surface area contributed by atoms with Crippen LogP contribution in [0.2, 0.25) is 0 Å². The first-order chi connectivity index (χ1) is 8.34. The Morgan fingerprint density at radius 1 is 1.53 bits per heavy atom. The van der Waals surface area contributed by atoms with Crippen LogP contribution in [0.4, 0.5) is 0 Å². The molecule has 17 heavy (non-hydrogen) atoms. The molecular weight excluding hydrogens is 214 g/mol. The summed E-state index contributed by atoms with van der Waals surface area (Å²) in [6.45, 7) is 1.90. The first-order valence-electron chi connectivity index (χ1n) is 6.04. The molecule has 1 aliphatic heterocycles. The Balaban J connectivity index is 1.84. The lowest BCUT2D eigenvalue weighted by Gasteiger charge is -2.13. The van der Waals surface area contributed by atoms with Gasteiger partial charge in [0.15, 0.2) is 0 Å². The first-order valence-corrected chi connectivity index (χ1v) is 6.04. The fourth-order valence-electron chi connectivity index (χ4n) is 2.39. The standard InChI is InChI=1S/C12H17N5/c1-16-6-5-15-12(16)8-17-9-13-7-11(17)10-3-2-4-14-10/h5-7,9-10,14H,2-4,8H2,1H3/t10-/m0/s1. The molecule has 90 valence electrons. The Hall–Kier alpha value is -1.62. The van der Waals surface area contributed by atoms with Gasteiger partial charge in [0.25, 0.3) is 0 Å². The number of imidazole rings is 2. The van der Waals surface area contributed by atoms with Gasteiger partial charge in [0, 0.05) is 31.7 Å². The summed E-state index contributed by atoms with van der Waals surface area (Å²) in [6, 6.07) is 0.456. The van der Waals surface area contributed by atoms with Crippen LogP contribution < -0.4 is 5.32 Å². The fraction of sp³-hybridized carbons (Fsp3) is 0.500. The summed E-state index contributed by atoms with van der Waals surface area (Å²) in [5.74, 6) is 1.06. The number of nitrogens with zero attached hydrogens (tertiary/aromatic N) is 4. The van der Waals surface area contributed by atoms with Crippen molar-refractivity contribution >= 4 is 0 Å². The molecule has 1 N–H and O–H groups in total. The number of hydrogen-bond donors (Lipinski definition) is 1. The summed E-state index contributed by atoms with van der Waals surface area (Å²) < 4.78 is 4.23. The van der Waals surface area contributed by atoms with Gasteiger partial charge in [0.2, 0.25) is 0 Å². The summed E-state index contributed by atoms with van der Waals surface area (Å²) in [5.41, 5.74) is 1.27. The molecule has 3 rings (SSSR count). The third kappa shape index (κ3) is 1.98. The number of rotatable bonds is 3. The highest BCUT2D eigenvalue weighted by molar-refractivity contribution is 5.09. The monoisotopic (exact) mass is 231 g/mol. The molecule has 0 radical (unpaired) electrons. The average Bonchev–Trinajstić information content (AvgIpc) is 3.02. The number of aryl methyl sites for hydroxylation is 1. The van der Waals surface area contributed by atoms with Crippen LogP contribution in [0.15, 0.2) is 24.9 Å². The maximum Gasteiger partial charge on any atom is 0.128 e. The second-order valence-corrected chi connectivity index (χ2v) is 4.55. The quantitative estimate of drug-likeness (QED) is 0.860.